The van der Waals surface area contributed by atoms with E-state index in [1.54, 1.807) is 0 Å². The molecule has 0 amide bonds. The van der Waals surface area contributed by atoms with E-state index in [1.165, 1.54) is 83.5 Å². The molecule has 0 aromatic rings. The van der Waals surface area contributed by atoms with Crippen LogP contribution >= 0.6 is 0 Å². The van der Waals surface area contributed by atoms with Crippen LogP contribution in [-0.2, 0) is 0 Å². The number of rotatable bonds is 6. The van der Waals surface area contributed by atoms with Gasteiger partial charge in [-0.3, -0.25) is 0 Å². The molecule has 0 aromatic carbocycles. The van der Waals surface area contributed by atoms with Crippen LogP contribution in [0.2, 0.25) is 0 Å². The molecule has 0 saturated heterocycles. The van der Waals surface area contributed by atoms with Gasteiger partial charge in [-0.2, -0.15) is 0 Å². The number of allylic oxidation sites excluding steroid dienone is 2. The maximum absolute atomic E-state index is 2.54. The third-order valence-corrected chi connectivity index (χ3v) is 5.46. The highest BCUT2D eigenvalue weighted by Crippen LogP contribution is 2.34. The first kappa shape index (κ1) is 15.1. The van der Waals surface area contributed by atoms with Crippen LogP contribution in [0.5, 0.6) is 0 Å². The van der Waals surface area contributed by atoms with Crippen LogP contribution in [0.3, 0.4) is 0 Å². The average Bonchev–Trinajstić information content (AvgIpc) is 2.47. The van der Waals surface area contributed by atoms with Crippen molar-refractivity contribution in [3.8, 4) is 0 Å². The first-order valence-electron chi connectivity index (χ1n) is 9.05. The minimum absolute atomic E-state index is 0.925. The van der Waals surface area contributed by atoms with Gasteiger partial charge in [0, 0.05) is 0 Å². The minimum Gasteiger partial charge on any atom is -0.0882 e. The summed E-state index contributed by atoms with van der Waals surface area (Å²) in [6, 6.07) is 0. The topological polar surface area (TPSA) is 0 Å². The second-order valence-corrected chi connectivity index (χ2v) is 7.08. The van der Waals surface area contributed by atoms with E-state index in [-0.39, 0.29) is 0 Å². The fraction of sp³-hybridized carbons (Fsp3) is 0.895. The normalized spacial score (nSPS) is 29.9. The molecule has 19 heavy (non-hydrogen) atoms. The van der Waals surface area contributed by atoms with Crippen LogP contribution in [0.1, 0.15) is 90.4 Å². The van der Waals surface area contributed by atoms with E-state index in [2.05, 4.69) is 19.1 Å². The molecule has 0 aromatic heterocycles. The predicted molar refractivity (Wildman–Crippen MR) is 85.3 cm³/mol. The highest BCUT2D eigenvalue weighted by atomic mass is 14.3. The third-order valence-electron chi connectivity index (χ3n) is 5.46. The molecule has 0 heteroatoms. The van der Waals surface area contributed by atoms with Crippen molar-refractivity contribution in [3.05, 3.63) is 12.2 Å². The van der Waals surface area contributed by atoms with Gasteiger partial charge in [0.25, 0.3) is 0 Å². The molecule has 0 nitrogen and oxygen atoms in total. The molecule has 0 N–H and O–H groups in total. The van der Waals surface area contributed by atoms with Gasteiger partial charge in [0.1, 0.15) is 0 Å². The van der Waals surface area contributed by atoms with E-state index >= 15 is 0 Å². The first-order valence-corrected chi connectivity index (χ1v) is 9.05. The van der Waals surface area contributed by atoms with Crippen molar-refractivity contribution >= 4 is 0 Å². The Hall–Kier alpha value is -0.260. The lowest BCUT2D eigenvalue weighted by Crippen LogP contribution is -2.14. The summed E-state index contributed by atoms with van der Waals surface area (Å²) in [7, 11) is 0. The van der Waals surface area contributed by atoms with E-state index in [1.807, 2.05) is 0 Å². The molecule has 0 unspecified atom stereocenters. The molecule has 0 bridgehead atoms. The van der Waals surface area contributed by atoms with Gasteiger partial charge in [0.2, 0.25) is 0 Å². The quantitative estimate of drug-likeness (QED) is 0.479. The van der Waals surface area contributed by atoms with Gasteiger partial charge >= 0.3 is 0 Å². The highest BCUT2D eigenvalue weighted by Gasteiger charge is 2.19. The Morgan fingerprint density at radius 2 is 1.42 bits per heavy atom. The zero-order chi connectivity index (χ0) is 13.3. The Morgan fingerprint density at radius 1 is 0.789 bits per heavy atom. The highest BCUT2D eigenvalue weighted by molar-refractivity contribution is 4.90. The van der Waals surface area contributed by atoms with Gasteiger partial charge in [0.05, 0.1) is 0 Å². The lowest BCUT2D eigenvalue weighted by Gasteiger charge is -2.28. The number of hydrogen-bond donors (Lipinski definition) is 0. The van der Waals surface area contributed by atoms with Crippen LogP contribution in [0, 0.1) is 17.8 Å². The summed E-state index contributed by atoms with van der Waals surface area (Å²) in [6.07, 6.45) is 24.1. The fourth-order valence-corrected chi connectivity index (χ4v) is 4.16. The Kier molecular flexibility index (Phi) is 7.03. The maximum Gasteiger partial charge on any atom is -0.0234 e. The largest absolute Gasteiger partial charge is 0.0882 e. The Bertz CT molecular complexity index is 239. The number of hydrogen-bond acceptors (Lipinski definition) is 0. The lowest BCUT2D eigenvalue weighted by molar-refractivity contribution is 0.253. The standard InChI is InChI=1S/C19H34/c1-2-8-17-13-15-19(16-14-17)12-7-6-11-18-9-4-3-5-10-18/h6,11,17-19H,2-5,7-10,12-16H2,1H3/b11-6+. The Balaban J connectivity index is 1.55. The van der Waals surface area contributed by atoms with Crippen molar-refractivity contribution in [2.45, 2.75) is 90.4 Å². The average molecular weight is 262 g/mol. The van der Waals surface area contributed by atoms with Crippen molar-refractivity contribution in [1.29, 1.82) is 0 Å². The van der Waals surface area contributed by atoms with Crippen LogP contribution < -0.4 is 0 Å². The van der Waals surface area contributed by atoms with E-state index in [4.69, 9.17) is 0 Å². The molecule has 110 valence electrons. The van der Waals surface area contributed by atoms with Crippen molar-refractivity contribution < 1.29 is 0 Å². The second-order valence-electron chi connectivity index (χ2n) is 7.08. The van der Waals surface area contributed by atoms with Gasteiger partial charge in [-0.1, -0.05) is 76.9 Å². The fourth-order valence-electron chi connectivity index (χ4n) is 4.16. The first-order chi connectivity index (χ1) is 9.38. The molecule has 2 aliphatic carbocycles. The molecule has 2 fully saturated rings. The van der Waals surface area contributed by atoms with Gasteiger partial charge in [-0.05, 0) is 43.4 Å². The second kappa shape index (κ2) is 8.82. The van der Waals surface area contributed by atoms with E-state index in [0.717, 1.165) is 17.8 Å². The molecule has 0 atom stereocenters. The summed E-state index contributed by atoms with van der Waals surface area (Å²) in [5.41, 5.74) is 0. The maximum atomic E-state index is 2.54. The Labute approximate surface area is 121 Å². The zero-order valence-electron chi connectivity index (χ0n) is 13.1. The van der Waals surface area contributed by atoms with E-state index < -0.39 is 0 Å². The van der Waals surface area contributed by atoms with Crippen LogP contribution in [0.4, 0.5) is 0 Å². The van der Waals surface area contributed by atoms with Crippen LogP contribution in [0.15, 0.2) is 12.2 Å². The molecule has 0 spiro atoms. The van der Waals surface area contributed by atoms with Crippen molar-refractivity contribution in [3.63, 3.8) is 0 Å². The van der Waals surface area contributed by atoms with Crippen molar-refractivity contribution in [2.24, 2.45) is 17.8 Å². The summed E-state index contributed by atoms with van der Waals surface area (Å²) < 4.78 is 0. The zero-order valence-corrected chi connectivity index (χ0v) is 13.1. The summed E-state index contributed by atoms with van der Waals surface area (Å²) in [6.45, 7) is 2.34. The molecule has 0 aliphatic heterocycles. The van der Waals surface area contributed by atoms with Crippen molar-refractivity contribution in [1.82, 2.24) is 0 Å². The van der Waals surface area contributed by atoms with Gasteiger partial charge < -0.3 is 0 Å². The summed E-state index contributed by atoms with van der Waals surface area (Å²) >= 11 is 0. The van der Waals surface area contributed by atoms with E-state index in [9.17, 15) is 0 Å². The molecule has 0 heterocycles. The van der Waals surface area contributed by atoms with Crippen LogP contribution in [-0.4, -0.2) is 0 Å². The van der Waals surface area contributed by atoms with Crippen LogP contribution in [0.25, 0.3) is 0 Å². The summed E-state index contributed by atoms with van der Waals surface area (Å²) in [4.78, 5) is 0. The summed E-state index contributed by atoms with van der Waals surface area (Å²) in [5, 5.41) is 0. The molecular weight excluding hydrogens is 228 g/mol. The lowest BCUT2D eigenvalue weighted by atomic mass is 9.78. The van der Waals surface area contributed by atoms with Gasteiger partial charge in [0.15, 0.2) is 0 Å². The summed E-state index contributed by atoms with van der Waals surface area (Å²) in [5.74, 6) is 3.04. The smallest absolute Gasteiger partial charge is 0.0234 e. The van der Waals surface area contributed by atoms with E-state index in [0.29, 0.717) is 0 Å². The SMILES string of the molecule is CCCC1CCC(CC/C=C/C2CCCCC2)CC1. The third kappa shape index (κ3) is 5.71. The molecule has 2 aliphatic rings. The minimum atomic E-state index is 0.925. The van der Waals surface area contributed by atoms with Crippen molar-refractivity contribution in [2.75, 3.05) is 0 Å². The molecule has 2 saturated carbocycles. The van der Waals surface area contributed by atoms with Gasteiger partial charge in [-0.25, -0.2) is 0 Å². The van der Waals surface area contributed by atoms with Gasteiger partial charge in [-0.15, -0.1) is 0 Å². The molecule has 0 radical (unpaired) electrons. The monoisotopic (exact) mass is 262 g/mol. The molecule has 2 rings (SSSR count). The Morgan fingerprint density at radius 3 is 2.05 bits per heavy atom. The predicted octanol–water partition coefficient (Wildman–Crippen LogP) is 6.51. The molecular formula is C19H34.